The highest BCUT2D eigenvalue weighted by molar-refractivity contribution is 9.10. The van der Waals surface area contributed by atoms with Gasteiger partial charge >= 0.3 is 10.1 Å². The van der Waals surface area contributed by atoms with Crippen molar-refractivity contribution >= 4 is 37.5 Å². The number of nitrogens with zero attached hydrogens (tertiary/aromatic N) is 1. The molecular weight excluding hydrogens is 382 g/mol. The molecule has 122 valence electrons. The molecule has 1 aromatic carbocycles. The summed E-state index contributed by atoms with van der Waals surface area (Å²) in [6.45, 7) is 5.44. The summed E-state index contributed by atoms with van der Waals surface area (Å²) in [6.07, 6.45) is 3.00. The van der Waals surface area contributed by atoms with Crippen molar-refractivity contribution in [3.05, 3.63) is 52.0 Å². The van der Waals surface area contributed by atoms with E-state index in [1.807, 2.05) is 13.8 Å². The third-order valence-corrected chi connectivity index (χ3v) is 4.93. The average molecular weight is 398 g/mol. The minimum absolute atomic E-state index is 0.00714. The number of carbonyl (C=O) groups is 1. The Morgan fingerprint density at radius 2 is 1.74 bits per heavy atom. The highest BCUT2D eigenvalue weighted by Crippen LogP contribution is 2.22. The minimum atomic E-state index is -4.01. The van der Waals surface area contributed by atoms with Gasteiger partial charge in [0.15, 0.2) is 5.78 Å². The van der Waals surface area contributed by atoms with Crippen LogP contribution in [0, 0.1) is 5.92 Å². The highest BCUT2D eigenvalue weighted by Gasteiger charge is 2.21. The van der Waals surface area contributed by atoms with E-state index in [4.69, 9.17) is 4.28 Å². The van der Waals surface area contributed by atoms with E-state index in [1.165, 1.54) is 24.3 Å². The first-order valence-electron chi connectivity index (χ1n) is 6.92. The molecule has 0 saturated heterocycles. The molecule has 0 N–H and O–H groups in total. The van der Waals surface area contributed by atoms with Gasteiger partial charge in [-0.1, -0.05) is 34.9 Å². The van der Waals surface area contributed by atoms with Crippen LogP contribution in [0.4, 0.5) is 0 Å². The zero-order chi connectivity index (χ0) is 17.2. The summed E-state index contributed by atoms with van der Waals surface area (Å²) in [5.74, 6) is -0.0931. The molecule has 0 aliphatic heterocycles. The average Bonchev–Trinajstić information content (AvgIpc) is 2.48. The van der Waals surface area contributed by atoms with Gasteiger partial charge in [-0.25, -0.2) is 0 Å². The van der Waals surface area contributed by atoms with Crippen LogP contribution >= 0.6 is 15.9 Å². The first-order valence-corrected chi connectivity index (χ1v) is 9.12. The Bertz CT molecular complexity index is 818. The fourth-order valence-electron chi connectivity index (χ4n) is 1.96. The summed E-state index contributed by atoms with van der Waals surface area (Å²) in [4.78, 5) is 11.8. The Hall–Kier alpha value is -1.73. The Morgan fingerprint density at radius 3 is 2.30 bits per heavy atom. The molecule has 0 spiro atoms. The van der Waals surface area contributed by atoms with Gasteiger partial charge in [-0.15, -0.1) is 0 Å². The van der Waals surface area contributed by atoms with Crippen LogP contribution in [0.15, 0.2) is 62.1 Å². The van der Waals surface area contributed by atoms with E-state index in [2.05, 4.69) is 21.1 Å². The third kappa shape index (κ3) is 4.17. The lowest BCUT2D eigenvalue weighted by atomic mass is 9.90. The van der Waals surface area contributed by atoms with Crippen LogP contribution in [0.2, 0.25) is 0 Å². The van der Waals surface area contributed by atoms with Crippen LogP contribution in [0.5, 0.6) is 0 Å². The van der Waals surface area contributed by atoms with E-state index in [0.717, 1.165) is 4.47 Å². The molecule has 5 nitrogen and oxygen atoms in total. The number of benzene rings is 1. The summed E-state index contributed by atoms with van der Waals surface area (Å²) >= 11 is 3.24. The Morgan fingerprint density at radius 1 is 1.13 bits per heavy atom. The second-order valence-electron chi connectivity index (χ2n) is 5.41. The summed E-state index contributed by atoms with van der Waals surface area (Å²) in [6, 6.07) is 6.05. The van der Waals surface area contributed by atoms with Gasteiger partial charge in [0.05, 0.1) is 0 Å². The number of hydrogen-bond donors (Lipinski definition) is 0. The van der Waals surface area contributed by atoms with Gasteiger partial charge in [-0.05, 0) is 60.4 Å². The maximum Gasteiger partial charge on any atom is 0.358 e. The smallest absolute Gasteiger partial charge is 0.290 e. The van der Waals surface area contributed by atoms with E-state index in [0.29, 0.717) is 16.9 Å². The lowest BCUT2D eigenvalue weighted by Crippen LogP contribution is -2.16. The van der Waals surface area contributed by atoms with Gasteiger partial charge in [0.25, 0.3) is 0 Å². The Balaban J connectivity index is 2.32. The van der Waals surface area contributed by atoms with E-state index < -0.39 is 10.1 Å². The van der Waals surface area contributed by atoms with Crippen molar-refractivity contribution in [2.75, 3.05) is 0 Å². The van der Waals surface area contributed by atoms with Crippen molar-refractivity contribution in [1.82, 2.24) is 0 Å². The number of hydrogen-bond acceptors (Lipinski definition) is 5. The predicted octanol–water partition coefficient (Wildman–Crippen LogP) is 3.62. The number of ketones is 1. The number of halogens is 1. The summed E-state index contributed by atoms with van der Waals surface area (Å²) < 4.78 is 29.9. The van der Waals surface area contributed by atoms with Crippen LogP contribution in [-0.2, 0) is 19.2 Å². The molecule has 23 heavy (non-hydrogen) atoms. The quantitative estimate of drug-likeness (QED) is 0.574. The summed E-state index contributed by atoms with van der Waals surface area (Å²) in [5, 5.41) is 3.76. The molecule has 0 atom stereocenters. The van der Waals surface area contributed by atoms with Crippen LogP contribution in [0.1, 0.15) is 20.8 Å². The monoisotopic (exact) mass is 397 g/mol. The highest BCUT2D eigenvalue weighted by atomic mass is 79.9. The lowest BCUT2D eigenvalue weighted by Gasteiger charge is -2.15. The molecule has 0 unspecified atom stereocenters. The molecule has 1 aromatic rings. The van der Waals surface area contributed by atoms with Gasteiger partial charge in [0.2, 0.25) is 0 Å². The van der Waals surface area contributed by atoms with Crippen molar-refractivity contribution in [2.24, 2.45) is 11.1 Å². The van der Waals surface area contributed by atoms with Crippen molar-refractivity contribution in [3.8, 4) is 0 Å². The first kappa shape index (κ1) is 17.6. The van der Waals surface area contributed by atoms with E-state index >= 15 is 0 Å². The van der Waals surface area contributed by atoms with Gasteiger partial charge < -0.3 is 0 Å². The first-order chi connectivity index (χ1) is 10.7. The second-order valence-corrected chi connectivity index (χ2v) is 7.85. The largest absolute Gasteiger partial charge is 0.358 e. The molecule has 0 aromatic heterocycles. The fourth-order valence-corrected chi connectivity index (χ4v) is 2.96. The molecule has 1 aliphatic rings. The Labute approximate surface area is 144 Å². The molecule has 0 fully saturated rings. The Kier molecular flexibility index (Phi) is 5.21. The molecule has 0 amide bonds. The van der Waals surface area contributed by atoms with Crippen molar-refractivity contribution < 1.29 is 17.5 Å². The zero-order valence-electron chi connectivity index (χ0n) is 12.9. The SMILES string of the molecule is CC1=C/C(=N\OS(=O)(=O)c2ccc(Br)cc2)C(C(C)C)=CC1=O. The topological polar surface area (TPSA) is 72.8 Å². The van der Waals surface area contributed by atoms with E-state index in [1.54, 1.807) is 19.1 Å². The van der Waals surface area contributed by atoms with E-state index in [-0.39, 0.29) is 16.6 Å². The molecule has 0 radical (unpaired) electrons. The maximum absolute atomic E-state index is 12.2. The van der Waals surface area contributed by atoms with Crippen LogP contribution < -0.4 is 0 Å². The second kappa shape index (κ2) is 6.80. The maximum atomic E-state index is 12.2. The minimum Gasteiger partial charge on any atom is -0.290 e. The normalized spacial score (nSPS) is 17.3. The van der Waals surface area contributed by atoms with Crippen molar-refractivity contribution in [1.29, 1.82) is 0 Å². The number of allylic oxidation sites excluding steroid dienone is 4. The standard InChI is InChI=1S/C16H16BrNO4S/c1-10(2)14-9-16(19)11(3)8-15(14)18-22-23(20,21)13-6-4-12(17)5-7-13/h4-10H,1-3H3/b18-15+. The molecule has 1 aliphatic carbocycles. The van der Waals surface area contributed by atoms with Crippen molar-refractivity contribution in [3.63, 3.8) is 0 Å². The molecular formula is C16H16BrNO4S. The molecule has 0 bridgehead atoms. The number of carbonyl (C=O) groups excluding carboxylic acids is 1. The molecule has 0 saturated carbocycles. The number of rotatable bonds is 4. The van der Waals surface area contributed by atoms with Crippen LogP contribution in [-0.4, -0.2) is 19.9 Å². The summed E-state index contributed by atoms with van der Waals surface area (Å²) in [5.41, 5.74) is 1.47. The van der Waals surface area contributed by atoms with Gasteiger partial charge in [-0.3, -0.25) is 9.08 Å². The van der Waals surface area contributed by atoms with Crippen molar-refractivity contribution in [2.45, 2.75) is 25.7 Å². The molecule has 2 rings (SSSR count). The van der Waals surface area contributed by atoms with Gasteiger partial charge in [0.1, 0.15) is 10.6 Å². The molecule has 7 heteroatoms. The summed E-state index contributed by atoms with van der Waals surface area (Å²) in [7, 11) is -4.01. The molecule has 0 heterocycles. The van der Waals surface area contributed by atoms with Gasteiger partial charge in [-0.2, -0.15) is 8.42 Å². The zero-order valence-corrected chi connectivity index (χ0v) is 15.3. The lowest BCUT2D eigenvalue weighted by molar-refractivity contribution is -0.111. The third-order valence-electron chi connectivity index (χ3n) is 3.28. The van der Waals surface area contributed by atoms with Crippen LogP contribution in [0.25, 0.3) is 0 Å². The van der Waals surface area contributed by atoms with Crippen LogP contribution in [0.3, 0.4) is 0 Å². The predicted molar refractivity (Wildman–Crippen MR) is 91.5 cm³/mol. The fraction of sp³-hybridized carbons (Fsp3) is 0.250. The van der Waals surface area contributed by atoms with Gasteiger partial charge in [0, 0.05) is 4.47 Å². The van der Waals surface area contributed by atoms with E-state index in [9.17, 15) is 13.2 Å². The number of oxime groups is 1.